The van der Waals surface area contributed by atoms with Gasteiger partial charge in [0.05, 0.1) is 0 Å². The van der Waals surface area contributed by atoms with E-state index in [-0.39, 0.29) is 0 Å². The SMILES string of the molecule is C[CH]C(C)(C)CCCCCC. The minimum absolute atomic E-state index is 0.466. The van der Waals surface area contributed by atoms with Crippen LogP contribution in [-0.4, -0.2) is 0 Å². The van der Waals surface area contributed by atoms with Crippen molar-refractivity contribution in [3.63, 3.8) is 0 Å². The van der Waals surface area contributed by atoms with Crippen LogP contribution in [0.5, 0.6) is 0 Å². The van der Waals surface area contributed by atoms with Crippen molar-refractivity contribution in [2.24, 2.45) is 5.41 Å². The Morgan fingerprint density at radius 1 is 1.09 bits per heavy atom. The monoisotopic (exact) mass is 155 g/mol. The van der Waals surface area contributed by atoms with Gasteiger partial charge in [-0.25, -0.2) is 0 Å². The zero-order valence-electron chi connectivity index (χ0n) is 8.61. The highest BCUT2D eigenvalue weighted by atomic mass is 14.2. The van der Waals surface area contributed by atoms with Crippen LogP contribution in [-0.2, 0) is 0 Å². The summed E-state index contributed by atoms with van der Waals surface area (Å²) in [6, 6.07) is 0. The smallest absolute Gasteiger partial charge is 0.0326 e. The van der Waals surface area contributed by atoms with Crippen LogP contribution in [0.15, 0.2) is 0 Å². The Kier molecular flexibility index (Phi) is 5.62. The quantitative estimate of drug-likeness (QED) is 0.504. The molecule has 0 rings (SSSR count). The second-order valence-corrected chi connectivity index (χ2v) is 4.09. The fourth-order valence-electron chi connectivity index (χ4n) is 1.15. The first-order chi connectivity index (χ1) is 5.12. The molecule has 1 radical (unpaired) electrons. The zero-order valence-corrected chi connectivity index (χ0v) is 8.61. The first-order valence-corrected chi connectivity index (χ1v) is 4.93. The number of hydrogen-bond donors (Lipinski definition) is 0. The summed E-state index contributed by atoms with van der Waals surface area (Å²) in [6.45, 7) is 9.06. The minimum Gasteiger partial charge on any atom is -0.0654 e. The van der Waals surface area contributed by atoms with Gasteiger partial charge >= 0.3 is 0 Å². The second-order valence-electron chi connectivity index (χ2n) is 4.09. The van der Waals surface area contributed by atoms with E-state index in [2.05, 4.69) is 34.1 Å². The van der Waals surface area contributed by atoms with Crippen molar-refractivity contribution in [2.75, 3.05) is 0 Å². The second kappa shape index (κ2) is 5.62. The molecule has 0 spiro atoms. The largest absolute Gasteiger partial charge is 0.0654 e. The van der Waals surface area contributed by atoms with E-state index < -0.39 is 0 Å². The molecule has 0 saturated carbocycles. The lowest BCUT2D eigenvalue weighted by Gasteiger charge is -2.21. The molecule has 0 unspecified atom stereocenters. The van der Waals surface area contributed by atoms with Crippen LogP contribution in [0, 0.1) is 11.8 Å². The molecule has 0 amide bonds. The van der Waals surface area contributed by atoms with Gasteiger partial charge in [0.1, 0.15) is 0 Å². The van der Waals surface area contributed by atoms with E-state index in [1.807, 2.05) is 0 Å². The van der Waals surface area contributed by atoms with Crippen molar-refractivity contribution in [1.29, 1.82) is 0 Å². The Hall–Kier alpha value is 0. The molecule has 0 atom stereocenters. The average Bonchev–Trinajstić information content (AvgIpc) is 1.99. The lowest BCUT2D eigenvalue weighted by atomic mass is 9.84. The first kappa shape index (κ1) is 11.0. The molecular formula is C11H23. The molecule has 0 heterocycles. The van der Waals surface area contributed by atoms with E-state index in [0.29, 0.717) is 5.41 Å². The van der Waals surface area contributed by atoms with E-state index in [9.17, 15) is 0 Å². The molecule has 0 aliphatic heterocycles. The summed E-state index contributed by atoms with van der Waals surface area (Å²) in [7, 11) is 0. The van der Waals surface area contributed by atoms with Crippen molar-refractivity contribution < 1.29 is 0 Å². The molecule has 0 aromatic heterocycles. The number of hydrogen-bond acceptors (Lipinski definition) is 0. The molecule has 0 fully saturated rings. The van der Waals surface area contributed by atoms with Gasteiger partial charge in [-0.05, 0) is 18.3 Å². The highest BCUT2D eigenvalue weighted by molar-refractivity contribution is 4.80. The van der Waals surface area contributed by atoms with Crippen LogP contribution < -0.4 is 0 Å². The molecule has 0 bridgehead atoms. The van der Waals surface area contributed by atoms with Gasteiger partial charge in [0.2, 0.25) is 0 Å². The Morgan fingerprint density at radius 2 is 1.73 bits per heavy atom. The predicted molar refractivity (Wildman–Crippen MR) is 52.5 cm³/mol. The van der Waals surface area contributed by atoms with Crippen molar-refractivity contribution in [3.05, 3.63) is 6.42 Å². The Bertz CT molecular complexity index is 82.0. The maximum atomic E-state index is 2.32. The zero-order chi connectivity index (χ0) is 8.74. The predicted octanol–water partition coefficient (Wildman–Crippen LogP) is 4.21. The fourth-order valence-corrected chi connectivity index (χ4v) is 1.15. The van der Waals surface area contributed by atoms with E-state index in [1.54, 1.807) is 0 Å². The Morgan fingerprint density at radius 3 is 2.18 bits per heavy atom. The molecule has 67 valence electrons. The highest BCUT2D eigenvalue weighted by Crippen LogP contribution is 2.26. The van der Waals surface area contributed by atoms with Crippen LogP contribution in [0.4, 0.5) is 0 Å². The third kappa shape index (κ3) is 6.40. The van der Waals surface area contributed by atoms with E-state index >= 15 is 0 Å². The molecule has 0 heteroatoms. The van der Waals surface area contributed by atoms with Gasteiger partial charge in [-0.2, -0.15) is 0 Å². The molecular weight excluding hydrogens is 132 g/mol. The van der Waals surface area contributed by atoms with Crippen molar-refractivity contribution >= 4 is 0 Å². The summed E-state index contributed by atoms with van der Waals surface area (Å²) in [6.07, 6.45) is 9.22. The van der Waals surface area contributed by atoms with Crippen molar-refractivity contribution in [2.45, 2.75) is 59.8 Å². The summed E-state index contributed by atoms with van der Waals surface area (Å²) in [5.74, 6) is 0. The molecule has 0 N–H and O–H groups in total. The van der Waals surface area contributed by atoms with Gasteiger partial charge in [-0.3, -0.25) is 0 Å². The van der Waals surface area contributed by atoms with Crippen molar-refractivity contribution in [1.82, 2.24) is 0 Å². The van der Waals surface area contributed by atoms with Crippen LogP contribution in [0.3, 0.4) is 0 Å². The molecule has 0 aromatic carbocycles. The minimum atomic E-state index is 0.466. The van der Waals surface area contributed by atoms with Gasteiger partial charge in [-0.15, -0.1) is 0 Å². The van der Waals surface area contributed by atoms with Crippen molar-refractivity contribution in [3.8, 4) is 0 Å². The molecule has 0 aromatic rings. The van der Waals surface area contributed by atoms with Gasteiger partial charge in [-0.1, -0.05) is 53.4 Å². The molecule has 0 aliphatic carbocycles. The number of rotatable bonds is 6. The van der Waals surface area contributed by atoms with Gasteiger partial charge < -0.3 is 0 Å². The highest BCUT2D eigenvalue weighted by Gasteiger charge is 2.13. The molecule has 11 heavy (non-hydrogen) atoms. The first-order valence-electron chi connectivity index (χ1n) is 4.93. The third-order valence-electron chi connectivity index (χ3n) is 2.46. The van der Waals surface area contributed by atoms with Gasteiger partial charge in [0, 0.05) is 0 Å². The summed E-state index contributed by atoms with van der Waals surface area (Å²) >= 11 is 0. The Labute approximate surface area is 72.4 Å². The lowest BCUT2D eigenvalue weighted by molar-refractivity contribution is 0.378. The normalized spacial score (nSPS) is 12.0. The fraction of sp³-hybridized carbons (Fsp3) is 0.909. The summed E-state index contributed by atoms with van der Waals surface area (Å²) < 4.78 is 0. The molecule has 0 aliphatic rings. The Balaban J connectivity index is 3.23. The molecule has 0 nitrogen and oxygen atoms in total. The average molecular weight is 155 g/mol. The van der Waals surface area contributed by atoms with Gasteiger partial charge in [0.25, 0.3) is 0 Å². The number of unbranched alkanes of at least 4 members (excludes halogenated alkanes) is 3. The summed E-state index contributed by atoms with van der Waals surface area (Å²) in [5.41, 5.74) is 0.466. The van der Waals surface area contributed by atoms with E-state index in [0.717, 1.165) is 0 Å². The summed E-state index contributed by atoms with van der Waals surface area (Å²) in [4.78, 5) is 0. The topological polar surface area (TPSA) is 0 Å². The van der Waals surface area contributed by atoms with Gasteiger partial charge in [0.15, 0.2) is 0 Å². The maximum absolute atomic E-state index is 2.32. The molecule has 0 saturated heterocycles. The van der Waals surface area contributed by atoms with Crippen LogP contribution >= 0.6 is 0 Å². The van der Waals surface area contributed by atoms with Crippen LogP contribution in [0.25, 0.3) is 0 Å². The summed E-state index contributed by atoms with van der Waals surface area (Å²) in [5, 5.41) is 0. The third-order valence-corrected chi connectivity index (χ3v) is 2.46. The van der Waals surface area contributed by atoms with Crippen LogP contribution in [0.2, 0.25) is 0 Å². The van der Waals surface area contributed by atoms with Crippen LogP contribution in [0.1, 0.15) is 59.8 Å². The maximum Gasteiger partial charge on any atom is -0.0326 e. The van der Waals surface area contributed by atoms with E-state index in [4.69, 9.17) is 0 Å². The lowest BCUT2D eigenvalue weighted by Crippen LogP contribution is -2.09. The standard InChI is InChI=1S/C11H23/c1-5-7-8-9-10-11(3,4)6-2/h6H,5,7-10H2,1-4H3. The van der Waals surface area contributed by atoms with E-state index in [1.165, 1.54) is 32.1 Å².